The highest BCUT2D eigenvalue weighted by Gasteiger charge is 2.86. The van der Waals surface area contributed by atoms with Gasteiger partial charge in [-0.3, -0.25) is 19.4 Å². The number of morpholine rings is 1. The predicted octanol–water partition coefficient (Wildman–Crippen LogP) is 8.80. The number of nitrogens with zero attached hydrogens (tertiary/aromatic N) is 1. The Balaban J connectivity index is 1.38. The molecule has 9 atom stereocenters. The maximum absolute atomic E-state index is 16.4. The van der Waals surface area contributed by atoms with Crippen LogP contribution in [0.5, 0.6) is 23.0 Å². The molecule has 0 radical (unpaired) electrons. The third-order valence-corrected chi connectivity index (χ3v) is 18.2. The Kier molecular flexibility index (Phi) is 14.5. The SMILES string of the molecule is CC(C)=CCCC1(C)C=Cc2c(c(CC=C(C)C)c3c(c2OP(=O)(O)OP(=O)(O)OP(=O)(O)O)C(=O)C2C(N4CCOCC4)C4CC5C(C)(C)OC(CC=C(C)C(=O)Oc6ccccc6Cl)(C4=O)C25O3)O1. The number of carbonyl (C=O) groups is 3. The molecule has 0 aromatic heterocycles. The third kappa shape index (κ3) is 10.0. The third-order valence-electron chi connectivity index (χ3n) is 14.1. The first-order valence-electron chi connectivity index (χ1n) is 23.2. The van der Waals surface area contributed by atoms with Crippen LogP contribution in [-0.2, 0) is 47.8 Å². The molecule has 9 rings (SSSR count). The minimum Gasteiger partial charge on any atom is -0.482 e. The zero-order chi connectivity index (χ0) is 51.9. The Morgan fingerprint density at radius 2 is 1.58 bits per heavy atom. The molecule has 9 unspecified atom stereocenters. The zero-order valence-corrected chi connectivity index (χ0v) is 44.0. The van der Waals surface area contributed by atoms with Gasteiger partial charge in [-0.05, 0) is 105 Å². The summed E-state index contributed by atoms with van der Waals surface area (Å²) >= 11 is 6.32. The van der Waals surface area contributed by atoms with Crippen LogP contribution in [0.3, 0.4) is 0 Å². The molecule has 4 N–H and O–H groups in total. The molecule has 4 heterocycles. The highest BCUT2D eigenvalue weighted by Crippen LogP contribution is 2.72. The highest BCUT2D eigenvalue weighted by molar-refractivity contribution is 7.66. The average molecular weight is 1070 g/mol. The topological polar surface area (TPSA) is 260 Å². The van der Waals surface area contributed by atoms with Crippen molar-refractivity contribution in [1.82, 2.24) is 4.90 Å². The predicted molar refractivity (Wildman–Crippen MR) is 258 cm³/mol. The van der Waals surface area contributed by atoms with Crippen molar-refractivity contribution in [3.05, 3.63) is 87.0 Å². The number of para-hydroxylation sites is 1. The van der Waals surface area contributed by atoms with Gasteiger partial charge in [0.05, 0.1) is 35.3 Å². The summed E-state index contributed by atoms with van der Waals surface area (Å²) in [6.45, 7) is 15.8. The molecule has 1 spiro atoms. The van der Waals surface area contributed by atoms with E-state index in [-0.39, 0.29) is 77.2 Å². The quantitative estimate of drug-likeness (QED) is 0.0402. The van der Waals surface area contributed by atoms with Crippen molar-refractivity contribution < 1.29 is 84.5 Å². The van der Waals surface area contributed by atoms with Gasteiger partial charge in [0, 0.05) is 48.5 Å². The second-order valence-electron chi connectivity index (χ2n) is 20.1. The monoisotopic (exact) mass is 1070 g/mol. The van der Waals surface area contributed by atoms with Gasteiger partial charge in [0.2, 0.25) is 0 Å². The highest BCUT2D eigenvalue weighted by atomic mass is 35.5. The summed E-state index contributed by atoms with van der Waals surface area (Å²) < 4.78 is 85.4. The van der Waals surface area contributed by atoms with E-state index in [1.165, 1.54) is 25.1 Å². The van der Waals surface area contributed by atoms with Crippen LogP contribution in [0.4, 0.5) is 0 Å². The Morgan fingerprint density at radius 3 is 2.23 bits per heavy atom. The Bertz CT molecular complexity index is 2820. The molecule has 386 valence electrons. The standard InChI is InChI=1S/C48H59ClNO18P3/c1-27(2)12-11-19-46(8)20-18-31-40(63-46)30(16-15-28(3)4)41-36(42(31)65-70(57,58)68-71(59,60)67-69(54,55)56)39(51)37-38(50-22-24-61-25-23-50)32-26-35-45(6,7)66-47(43(32)52,48(35,37)64-41)21-17-29(5)44(53)62-34-14-10-9-13-33(34)49/h9-10,12-15,17-18,20,32,35,37-38H,11,16,19,21-26H2,1-8H3,(H,57,58)(H,59,60)(H2,54,55,56). The molecule has 2 aromatic carbocycles. The minimum absolute atomic E-state index is 0.0416. The number of halogens is 1. The van der Waals surface area contributed by atoms with Gasteiger partial charge in [-0.2, -0.15) is 8.62 Å². The van der Waals surface area contributed by atoms with Crippen molar-refractivity contribution in [3.8, 4) is 23.0 Å². The van der Waals surface area contributed by atoms with Crippen molar-refractivity contribution in [2.75, 3.05) is 26.3 Å². The van der Waals surface area contributed by atoms with Crippen molar-refractivity contribution in [2.24, 2.45) is 17.8 Å². The van der Waals surface area contributed by atoms with Gasteiger partial charge in [-0.25, -0.2) is 18.5 Å². The lowest BCUT2D eigenvalue weighted by molar-refractivity contribution is -0.216. The molecule has 5 fully saturated rings. The van der Waals surface area contributed by atoms with Crippen LogP contribution in [0.2, 0.25) is 5.02 Å². The molecule has 3 aliphatic carbocycles. The summed E-state index contributed by atoms with van der Waals surface area (Å²) in [5.74, 6) is -5.33. The van der Waals surface area contributed by atoms with Crippen LogP contribution in [0, 0.1) is 17.8 Å². The molecular weight excluding hydrogens is 1010 g/mol. The lowest BCUT2D eigenvalue weighted by Crippen LogP contribution is -2.82. The van der Waals surface area contributed by atoms with E-state index in [1.807, 2.05) is 65.5 Å². The molecule has 0 amide bonds. The van der Waals surface area contributed by atoms with E-state index in [1.54, 1.807) is 24.3 Å². The van der Waals surface area contributed by atoms with Crippen LogP contribution >= 0.6 is 35.1 Å². The Hall–Kier alpha value is -3.77. The van der Waals surface area contributed by atoms with Gasteiger partial charge < -0.3 is 42.9 Å². The van der Waals surface area contributed by atoms with E-state index >= 15 is 9.59 Å². The summed E-state index contributed by atoms with van der Waals surface area (Å²) in [6.07, 6.45) is 9.66. The number of phosphoric ester groups is 1. The summed E-state index contributed by atoms with van der Waals surface area (Å²) in [4.78, 5) is 88.1. The fourth-order valence-electron chi connectivity index (χ4n) is 11.3. The van der Waals surface area contributed by atoms with Gasteiger partial charge in [-0.15, -0.1) is 0 Å². The largest absolute Gasteiger partial charge is 0.536 e. The number of benzene rings is 2. The van der Waals surface area contributed by atoms with Gasteiger partial charge in [0.25, 0.3) is 0 Å². The summed E-state index contributed by atoms with van der Waals surface area (Å²) in [6, 6.07) is 5.58. The molecular formula is C48H59ClNO18P3. The summed E-state index contributed by atoms with van der Waals surface area (Å²) in [7, 11) is -17.9. The number of ether oxygens (including phenoxy) is 5. The number of esters is 1. The van der Waals surface area contributed by atoms with E-state index in [9.17, 15) is 38.1 Å². The Morgan fingerprint density at radius 1 is 0.901 bits per heavy atom. The van der Waals surface area contributed by atoms with Gasteiger partial charge in [0.15, 0.2) is 28.5 Å². The second kappa shape index (κ2) is 19.2. The maximum Gasteiger partial charge on any atom is 0.536 e. The number of allylic oxidation sites excluding steroid dienone is 4. The smallest absolute Gasteiger partial charge is 0.482 e. The molecule has 7 aliphatic rings. The van der Waals surface area contributed by atoms with Crippen LogP contribution in [0.15, 0.2) is 65.3 Å². The molecule has 2 saturated heterocycles. The first kappa shape index (κ1) is 53.5. The number of carbonyl (C=O) groups excluding carboxylic acids is 3. The van der Waals surface area contributed by atoms with Crippen molar-refractivity contribution in [2.45, 2.75) is 116 Å². The van der Waals surface area contributed by atoms with E-state index in [0.717, 1.165) is 11.1 Å². The van der Waals surface area contributed by atoms with E-state index in [0.29, 0.717) is 31.5 Å². The van der Waals surface area contributed by atoms with E-state index < -0.39 is 87.2 Å². The second-order valence-corrected chi connectivity index (χ2v) is 24.8. The van der Waals surface area contributed by atoms with Crippen LogP contribution in [0.25, 0.3) is 6.08 Å². The summed E-state index contributed by atoms with van der Waals surface area (Å²) in [5, 5.41) is 0.200. The van der Waals surface area contributed by atoms with E-state index in [2.05, 4.69) is 8.62 Å². The zero-order valence-electron chi connectivity index (χ0n) is 40.5. The van der Waals surface area contributed by atoms with Gasteiger partial charge >= 0.3 is 29.4 Å². The number of hydrogen-bond donors (Lipinski definition) is 4. The molecule has 19 nitrogen and oxygen atoms in total. The number of hydrogen-bond acceptors (Lipinski definition) is 15. The Labute approximate surface area is 416 Å². The van der Waals surface area contributed by atoms with Crippen molar-refractivity contribution in [3.63, 3.8) is 0 Å². The van der Waals surface area contributed by atoms with Gasteiger partial charge in [0.1, 0.15) is 28.4 Å². The maximum atomic E-state index is 16.4. The lowest BCUT2D eigenvalue weighted by Gasteiger charge is -2.64. The number of ketones is 2. The molecule has 2 aromatic rings. The molecule has 4 aliphatic heterocycles. The fraction of sp³-hybridized carbons (Fsp3) is 0.521. The number of fused-ring (bicyclic) bond motifs is 2. The number of Topliss-reactive ketones (excluding diaryl/α,β-unsaturated/α-hetero) is 2. The lowest BCUT2D eigenvalue weighted by atomic mass is 9.44. The van der Waals surface area contributed by atoms with Crippen molar-refractivity contribution >= 4 is 58.7 Å². The minimum atomic E-state index is -6.06. The first-order valence-corrected chi connectivity index (χ1v) is 28.1. The molecule has 4 bridgehead atoms. The van der Waals surface area contributed by atoms with E-state index in [4.69, 9.17) is 39.8 Å². The van der Waals surface area contributed by atoms with Gasteiger partial charge in [-0.1, -0.05) is 53.1 Å². The molecule has 71 heavy (non-hydrogen) atoms. The van der Waals surface area contributed by atoms with Crippen LogP contribution in [0.1, 0.15) is 103 Å². The fourth-order valence-corrected chi connectivity index (χ4v) is 14.5. The first-order chi connectivity index (χ1) is 33.0. The molecule has 23 heteroatoms. The van der Waals surface area contributed by atoms with Crippen molar-refractivity contribution in [1.29, 1.82) is 0 Å². The van der Waals surface area contributed by atoms with Crippen LogP contribution in [-0.4, -0.2) is 96.8 Å². The number of phosphoric acid groups is 3. The summed E-state index contributed by atoms with van der Waals surface area (Å²) in [5.41, 5.74) is -4.13. The number of rotatable bonds is 16. The normalized spacial score (nSPS) is 30.1. The average Bonchev–Trinajstić information content (AvgIpc) is 3.40. The molecule has 3 saturated carbocycles. The van der Waals surface area contributed by atoms with Crippen LogP contribution < -0.4 is 18.7 Å².